The van der Waals surface area contributed by atoms with Crippen molar-refractivity contribution in [2.75, 3.05) is 5.32 Å². The molecule has 0 saturated carbocycles. The van der Waals surface area contributed by atoms with Gasteiger partial charge in [-0.15, -0.1) is 12.6 Å². The van der Waals surface area contributed by atoms with Gasteiger partial charge >= 0.3 is 0 Å². The number of hydrogen-bond acceptors (Lipinski definition) is 2. The van der Waals surface area contributed by atoms with Gasteiger partial charge in [-0.2, -0.15) is 0 Å². The molecular weight excluding hydrogens is 118 g/mol. The number of nitrogens with one attached hydrogen (secondary N) is 1. The zero-order chi connectivity index (χ0) is 5.56. The zero-order valence-electron chi connectivity index (χ0n) is 4.18. The van der Waals surface area contributed by atoms with Gasteiger partial charge in [0.15, 0.2) is 0 Å². The smallest absolute Gasteiger partial charge is 0.0759 e. The quantitative estimate of drug-likeness (QED) is 0.406. The lowest BCUT2D eigenvalue weighted by molar-refractivity contribution is 1.58. The van der Waals surface area contributed by atoms with Gasteiger partial charge in [-0.3, -0.25) is 0 Å². The maximum Gasteiger partial charge on any atom is 0.0759 e. The molecule has 0 amide bonds. The molecule has 0 saturated heterocycles. The van der Waals surface area contributed by atoms with Gasteiger partial charge in [-0.25, -0.2) is 0 Å². The Morgan fingerprint density at radius 1 is 1.38 bits per heavy atom. The highest BCUT2D eigenvalue weighted by Crippen LogP contribution is 2.42. The van der Waals surface area contributed by atoms with Crippen molar-refractivity contribution in [2.24, 2.45) is 0 Å². The molecule has 0 bridgehead atoms. The summed E-state index contributed by atoms with van der Waals surface area (Å²) in [5.41, 5.74) is 2.41. The van der Waals surface area contributed by atoms with E-state index in [0.29, 0.717) is 0 Å². The van der Waals surface area contributed by atoms with Gasteiger partial charge in [0.05, 0.1) is 11.4 Å². The Kier molecular flexibility index (Phi) is 0.641. The molecule has 1 aliphatic rings. The van der Waals surface area contributed by atoms with Gasteiger partial charge < -0.3 is 5.32 Å². The molecule has 1 aromatic carbocycles. The van der Waals surface area contributed by atoms with Crippen LogP contribution in [0.5, 0.6) is 0 Å². The Morgan fingerprint density at radius 3 is 2.88 bits per heavy atom. The summed E-state index contributed by atoms with van der Waals surface area (Å²) < 4.78 is 0. The molecule has 1 aliphatic heterocycles. The number of hydrogen-bond donors (Lipinski definition) is 2. The summed E-state index contributed by atoms with van der Waals surface area (Å²) in [6.45, 7) is 0. The van der Waals surface area contributed by atoms with Gasteiger partial charge in [-0.1, -0.05) is 6.07 Å². The van der Waals surface area contributed by atoms with Crippen LogP contribution < -0.4 is 5.32 Å². The van der Waals surface area contributed by atoms with E-state index >= 15 is 0 Å². The minimum Gasteiger partial charge on any atom is -0.351 e. The number of fused-ring (bicyclic) bond motifs is 1. The van der Waals surface area contributed by atoms with Gasteiger partial charge in [0.25, 0.3) is 0 Å². The van der Waals surface area contributed by atoms with E-state index in [0.717, 1.165) is 4.90 Å². The molecule has 1 nitrogen and oxygen atoms in total. The Bertz CT molecular complexity index is 232. The molecule has 1 aromatic rings. The Hall–Kier alpha value is -0.630. The summed E-state index contributed by atoms with van der Waals surface area (Å²) in [6, 6.07) is 6.00. The van der Waals surface area contributed by atoms with Crippen molar-refractivity contribution in [3.8, 4) is 0 Å². The van der Waals surface area contributed by atoms with Crippen molar-refractivity contribution >= 4 is 24.0 Å². The maximum absolute atomic E-state index is 4.19. The minimum absolute atomic E-state index is 1.04. The molecule has 0 aliphatic carbocycles. The highest BCUT2D eigenvalue weighted by molar-refractivity contribution is 7.80. The molecule has 1 heterocycles. The molecule has 8 heavy (non-hydrogen) atoms. The number of para-hydroxylation sites is 1. The lowest BCUT2D eigenvalue weighted by Crippen LogP contribution is -1.52. The first-order valence-corrected chi connectivity index (χ1v) is 2.91. The summed E-state index contributed by atoms with van der Waals surface area (Å²) >= 11 is 4.19. The van der Waals surface area contributed by atoms with E-state index in [1.165, 1.54) is 11.4 Å². The second-order valence-electron chi connectivity index (χ2n) is 1.82. The van der Waals surface area contributed by atoms with E-state index in [2.05, 4.69) is 17.9 Å². The normalized spacial score (nSPS) is 12.1. The third kappa shape index (κ3) is 0.434. The van der Waals surface area contributed by atoms with Crippen LogP contribution in [0.1, 0.15) is 0 Å². The van der Waals surface area contributed by atoms with Crippen molar-refractivity contribution in [1.29, 1.82) is 0 Å². The second-order valence-corrected chi connectivity index (χ2v) is 2.31. The zero-order valence-corrected chi connectivity index (χ0v) is 5.07. The van der Waals surface area contributed by atoms with E-state index in [1.807, 2.05) is 18.2 Å². The predicted molar refractivity (Wildman–Crippen MR) is 37.0 cm³/mol. The summed E-state index contributed by atoms with van der Waals surface area (Å²) in [6.07, 6.45) is 0. The van der Waals surface area contributed by atoms with Crippen LogP contribution in [0.2, 0.25) is 0 Å². The van der Waals surface area contributed by atoms with Gasteiger partial charge in [0.2, 0.25) is 0 Å². The average molecular weight is 123 g/mol. The van der Waals surface area contributed by atoms with Crippen LogP contribution in [0.3, 0.4) is 0 Å². The van der Waals surface area contributed by atoms with E-state index < -0.39 is 0 Å². The summed E-state index contributed by atoms with van der Waals surface area (Å²) in [7, 11) is 0. The Morgan fingerprint density at radius 2 is 2.25 bits per heavy atom. The first kappa shape index (κ1) is 4.27. The SMILES string of the molecule is Sc1cccc2c1N2. The van der Waals surface area contributed by atoms with Crippen LogP contribution in [0, 0.1) is 0 Å². The van der Waals surface area contributed by atoms with Crippen molar-refractivity contribution < 1.29 is 0 Å². The summed E-state index contributed by atoms with van der Waals surface area (Å²) in [5, 5.41) is 3.08. The third-order valence-corrected chi connectivity index (χ3v) is 1.61. The number of rotatable bonds is 0. The molecular formula is C6H5NS. The van der Waals surface area contributed by atoms with Gasteiger partial charge in [0, 0.05) is 4.90 Å². The molecule has 40 valence electrons. The minimum atomic E-state index is 1.04. The van der Waals surface area contributed by atoms with E-state index in [4.69, 9.17) is 0 Å². The van der Waals surface area contributed by atoms with Gasteiger partial charge in [-0.05, 0) is 12.1 Å². The molecule has 0 aromatic heterocycles. The fourth-order valence-corrected chi connectivity index (χ4v) is 1.01. The van der Waals surface area contributed by atoms with Gasteiger partial charge in [0.1, 0.15) is 0 Å². The fraction of sp³-hybridized carbons (Fsp3) is 0. The number of anilines is 2. The fourth-order valence-electron chi connectivity index (χ4n) is 0.749. The highest BCUT2D eigenvalue weighted by atomic mass is 32.1. The van der Waals surface area contributed by atoms with Crippen LogP contribution in [0.4, 0.5) is 11.4 Å². The molecule has 0 unspecified atom stereocenters. The van der Waals surface area contributed by atoms with Crippen molar-refractivity contribution in [1.82, 2.24) is 0 Å². The van der Waals surface area contributed by atoms with E-state index in [-0.39, 0.29) is 0 Å². The van der Waals surface area contributed by atoms with Crippen LogP contribution >= 0.6 is 12.6 Å². The number of benzene rings is 1. The van der Waals surface area contributed by atoms with Crippen LogP contribution in [-0.4, -0.2) is 0 Å². The first-order chi connectivity index (χ1) is 3.88. The molecule has 1 N–H and O–H groups in total. The maximum atomic E-state index is 4.19. The molecule has 2 rings (SSSR count). The monoisotopic (exact) mass is 123 g/mol. The predicted octanol–water partition coefficient (Wildman–Crippen LogP) is 2.03. The van der Waals surface area contributed by atoms with Crippen molar-refractivity contribution in [3.05, 3.63) is 18.2 Å². The molecule has 0 spiro atoms. The number of thiol groups is 1. The lowest BCUT2D eigenvalue weighted by Gasteiger charge is -1.78. The van der Waals surface area contributed by atoms with E-state index in [9.17, 15) is 0 Å². The molecule has 0 radical (unpaired) electrons. The molecule has 0 fully saturated rings. The topological polar surface area (TPSA) is 21.9 Å². The molecule has 0 atom stereocenters. The molecule has 2 heteroatoms. The Labute approximate surface area is 53.1 Å². The Balaban J connectivity index is 2.70. The van der Waals surface area contributed by atoms with Crippen molar-refractivity contribution in [3.63, 3.8) is 0 Å². The van der Waals surface area contributed by atoms with Crippen LogP contribution in [0.15, 0.2) is 23.1 Å². The standard InChI is InChI=1S/C6H5NS/c8-5-3-1-2-4-6(5)7-4/h1-3,7-8H. The van der Waals surface area contributed by atoms with Crippen LogP contribution in [-0.2, 0) is 0 Å². The largest absolute Gasteiger partial charge is 0.351 e. The summed E-state index contributed by atoms with van der Waals surface area (Å²) in [4.78, 5) is 1.04. The third-order valence-electron chi connectivity index (χ3n) is 1.24. The average Bonchev–Trinajstić information content (AvgIpc) is 2.45. The lowest BCUT2D eigenvalue weighted by atomic mass is 10.4. The van der Waals surface area contributed by atoms with E-state index in [1.54, 1.807) is 0 Å². The first-order valence-electron chi connectivity index (χ1n) is 2.47. The summed E-state index contributed by atoms with van der Waals surface area (Å²) in [5.74, 6) is 0. The van der Waals surface area contributed by atoms with Crippen LogP contribution in [0.25, 0.3) is 0 Å². The second kappa shape index (κ2) is 1.20. The van der Waals surface area contributed by atoms with Crippen molar-refractivity contribution in [2.45, 2.75) is 4.90 Å². The highest BCUT2D eigenvalue weighted by Gasteiger charge is 2.16.